The number of rotatable bonds is 5. The summed E-state index contributed by atoms with van der Waals surface area (Å²) in [5, 5.41) is 0.658. The maximum Gasteiger partial charge on any atom is 0.0398 e. The first-order valence-corrected chi connectivity index (χ1v) is 7.09. The molecule has 0 nitrogen and oxygen atoms in total. The summed E-state index contributed by atoms with van der Waals surface area (Å²) >= 11 is 0. The summed E-state index contributed by atoms with van der Waals surface area (Å²) in [6.07, 6.45) is 1.21. The highest BCUT2D eigenvalue weighted by Crippen LogP contribution is 2.39. The van der Waals surface area contributed by atoms with E-state index in [1.165, 1.54) is 17.7 Å². The molecule has 13 heavy (non-hydrogen) atoms. The monoisotopic (exact) mass is 212 g/mol. The normalized spacial score (nSPS) is 12.8. The largest absolute Gasteiger partial charge is 0.0938 e. The molecule has 1 aromatic carbocycles. The molecule has 1 aromatic rings. The van der Waals surface area contributed by atoms with Gasteiger partial charge in [-0.2, -0.15) is 0 Å². The summed E-state index contributed by atoms with van der Waals surface area (Å²) < 4.78 is 0. The van der Waals surface area contributed by atoms with Crippen LogP contribution in [0.5, 0.6) is 0 Å². The lowest BCUT2D eigenvalue weighted by Crippen LogP contribution is -1.89. The number of hydrogen-bond donors (Lipinski definition) is 0. The molecule has 0 radical (unpaired) electrons. The maximum atomic E-state index is 2.25. The smallest absolute Gasteiger partial charge is 0.0398 e. The van der Waals surface area contributed by atoms with E-state index in [2.05, 4.69) is 44.2 Å². The predicted molar refractivity (Wildman–Crippen MR) is 65.2 cm³/mol. The molecule has 0 spiro atoms. The maximum absolute atomic E-state index is 2.25. The van der Waals surface area contributed by atoms with Gasteiger partial charge in [0.15, 0.2) is 0 Å². The fraction of sp³-hybridized carbons (Fsp3) is 0.455. The Morgan fingerprint density at radius 3 is 2.38 bits per heavy atom. The molecular weight excluding hydrogens is 196 g/mol. The van der Waals surface area contributed by atoms with Gasteiger partial charge in [-0.15, -0.1) is 0 Å². The van der Waals surface area contributed by atoms with Crippen molar-refractivity contribution in [2.75, 3.05) is 5.75 Å². The van der Waals surface area contributed by atoms with E-state index in [1.807, 2.05) is 21.6 Å². The Bertz CT molecular complexity index is 221. The van der Waals surface area contributed by atoms with Crippen molar-refractivity contribution < 1.29 is 0 Å². The van der Waals surface area contributed by atoms with Crippen molar-refractivity contribution in [3.63, 3.8) is 0 Å². The SMILES string of the molecule is CCSSC(CC)c1ccccc1. The van der Waals surface area contributed by atoms with Crippen molar-refractivity contribution in [3.05, 3.63) is 35.9 Å². The third-order valence-electron chi connectivity index (χ3n) is 1.84. The van der Waals surface area contributed by atoms with E-state index in [9.17, 15) is 0 Å². The molecule has 0 fully saturated rings. The second kappa shape index (κ2) is 6.39. The topological polar surface area (TPSA) is 0 Å². The number of hydrogen-bond acceptors (Lipinski definition) is 2. The zero-order valence-electron chi connectivity index (χ0n) is 8.19. The highest BCUT2D eigenvalue weighted by molar-refractivity contribution is 8.76. The third kappa shape index (κ3) is 3.65. The minimum Gasteiger partial charge on any atom is -0.0938 e. The van der Waals surface area contributed by atoms with Crippen LogP contribution in [0.1, 0.15) is 31.1 Å². The van der Waals surface area contributed by atoms with E-state index in [-0.39, 0.29) is 0 Å². The molecule has 0 saturated carbocycles. The lowest BCUT2D eigenvalue weighted by Gasteiger charge is -2.13. The van der Waals surface area contributed by atoms with Gasteiger partial charge in [-0.25, -0.2) is 0 Å². The van der Waals surface area contributed by atoms with E-state index in [0.29, 0.717) is 5.25 Å². The first-order chi connectivity index (χ1) is 6.38. The Labute approximate surface area is 88.9 Å². The highest BCUT2D eigenvalue weighted by atomic mass is 33.1. The van der Waals surface area contributed by atoms with E-state index >= 15 is 0 Å². The van der Waals surface area contributed by atoms with E-state index < -0.39 is 0 Å². The molecule has 0 aliphatic heterocycles. The van der Waals surface area contributed by atoms with Crippen LogP contribution in [-0.4, -0.2) is 5.75 Å². The molecule has 1 unspecified atom stereocenters. The summed E-state index contributed by atoms with van der Waals surface area (Å²) in [6.45, 7) is 4.45. The van der Waals surface area contributed by atoms with Crippen LogP contribution in [0.25, 0.3) is 0 Å². The van der Waals surface area contributed by atoms with Gasteiger partial charge in [0.25, 0.3) is 0 Å². The Morgan fingerprint density at radius 1 is 1.15 bits per heavy atom. The fourth-order valence-corrected chi connectivity index (χ4v) is 3.52. The zero-order valence-corrected chi connectivity index (χ0v) is 9.83. The molecule has 0 amide bonds. The Hall–Kier alpha value is -0.0800. The van der Waals surface area contributed by atoms with Gasteiger partial charge < -0.3 is 0 Å². The molecule has 0 aliphatic carbocycles. The Morgan fingerprint density at radius 2 is 1.85 bits per heavy atom. The van der Waals surface area contributed by atoms with Gasteiger partial charge in [0.05, 0.1) is 0 Å². The molecule has 1 atom stereocenters. The molecule has 0 aromatic heterocycles. The number of benzene rings is 1. The fourth-order valence-electron chi connectivity index (χ4n) is 1.18. The van der Waals surface area contributed by atoms with Crippen LogP contribution in [0.2, 0.25) is 0 Å². The molecule has 2 heteroatoms. The Balaban J connectivity index is 2.56. The van der Waals surface area contributed by atoms with Crippen LogP contribution in [0.3, 0.4) is 0 Å². The molecule has 0 saturated heterocycles. The molecule has 0 N–H and O–H groups in total. The van der Waals surface area contributed by atoms with Crippen LogP contribution in [0.4, 0.5) is 0 Å². The van der Waals surface area contributed by atoms with Crippen molar-refractivity contribution in [1.29, 1.82) is 0 Å². The van der Waals surface area contributed by atoms with Crippen molar-refractivity contribution in [1.82, 2.24) is 0 Å². The third-order valence-corrected chi connectivity index (χ3v) is 4.87. The lowest BCUT2D eigenvalue weighted by molar-refractivity contribution is 0.901. The van der Waals surface area contributed by atoms with Gasteiger partial charge in [-0.1, -0.05) is 65.8 Å². The van der Waals surface area contributed by atoms with Gasteiger partial charge in [0.2, 0.25) is 0 Å². The van der Waals surface area contributed by atoms with Crippen LogP contribution < -0.4 is 0 Å². The summed E-state index contributed by atoms with van der Waals surface area (Å²) in [7, 11) is 3.94. The van der Waals surface area contributed by atoms with E-state index in [4.69, 9.17) is 0 Å². The Kier molecular flexibility index (Phi) is 5.40. The van der Waals surface area contributed by atoms with E-state index in [0.717, 1.165) is 0 Å². The van der Waals surface area contributed by atoms with Crippen LogP contribution in [0.15, 0.2) is 30.3 Å². The van der Waals surface area contributed by atoms with E-state index in [1.54, 1.807) is 0 Å². The van der Waals surface area contributed by atoms with Crippen LogP contribution in [0, 0.1) is 0 Å². The summed E-state index contributed by atoms with van der Waals surface area (Å²) in [5.41, 5.74) is 1.45. The van der Waals surface area contributed by atoms with Crippen molar-refractivity contribution in [2.24, 2.45) is 0 Å². The van der Waals surface area contributed by atoms with Crippen molar-refractivity contribution >= 4 is 21.6 Å². The highest BCUT2D eigenvalue weighted by Gasteiger charge is 2.08. The first-order valence-electron chi connectivity index (χ1n) is 4.71. The van der Waals surface area contributed by atoms with Gasteiger partial charge in [0, 0.05) is 11.0 Å². The minimum absolute atomic E-state index is 0.658. The van der Waals surface area contributed by atoms with Gasteiger partial charge in [-0.05, 0) is 12.0 Å². The molecule has 72 valence electrons. The quantitative estimate of drug-likeness (QED) is 0.657. The molecular formula is C11H16S2. The van der Waals surface area contributed by atoms with Gasteiger partial charge in [0.1, 0.15) is 0 Å². The van der Waals surface area contributed by atoms with Crippen LogP contribution in [-0.2, 0) is 0 Å². The molecule has 0 aliphatic rings. The summed E-state index contributed by atoms with van der Waals surface area (Å²) in [6, 6.07) is 10.8. The van der Waals surface area contributed by atoms with Crippen molar-refractivity contribution in [2.45, 2.75) is 25.5 Å². The average Bonchev–Trinajstić information content (AvgIpc) is 2.21. The zero-order chi connectivity index (χ0) is 9.52. The lowest BCUT2D eigenvalue weighted by atomic mass is 10.1. The summed E-state index contributed by atoms with van der Waals surface area (Å²) in [5.74, 6) is 1.19. The molecule has 1 rings (SSSR count). The minimum atomic E-state index is 0.658. The molecule has 0 heterocycles. The standard InChI is InChI=1S/C11H16S2/c1-3-11(13-12-4-2)10-8-6-5-7-9-10/h5-9,11H,3-4H2,1-2H3. The second-order valence-corrected chi connectivity index (χ2v) is 5.67. The second-order valence-electron chi connectivity index (χ2n) is 2.81. The van der Waals surface area contributed by atoms with Gasteiger partial charge in [-0.3, -0.25) is 0 Å². The first kappa shape index (κ1) is 11.0. The van der Waals surface area contributed by atoms with Gasteiger partial charge >= 0.3 is 0 Å². The molecule has 0 bridgehead atoms. The van der Waals surface area contributed by atoms with Crippen LogP contribution >= 0.6 is 21.6 Å². The predicted octanol–water partition coefficient (Wildman–Crippen LogP) is 4.54. The summed E-state index contributed by atoms with van der Waals surface area (Å²) in [4.78, 5) is 0. The average molecular weight is 212 g/mol. The van der Waals surface area contributed by atoms with Crippen molar-refractivity contribution in [3.8, 4) is 0 Å².